The maximum Gasteiger partial charge on any atom is 0.209 e. The molecule has 1 unspecified atom stereocenters. The van der Waals surface area contributed by atoms with E-state index < -0.39 is 56.8 Å². The number of ketones is 3. The average molecular weight is 597 g/mol. The minimum atomic E-state index is -2.64. The normalized spacial score (nSPS) is 28.0. The summed E-state index contributed by atoms with van der Waals surface area (Å²) in [5.41, 5.74) is -2.43. The lowest BCUT2D eigenvalue weighted by atomic mass is 9.44. The molecule has 2 aromatic carbocycles. The van der Waals surface area contributed by atoms with Crippen LogP contribution >= 0.6 is 0 Å². The SMILES string of the molecule is CC(=O)C1=C(O)C(C(C)C)[C@@]2(C)C[C@@]3(C)Cc4c(C(C)C)cc(C#Cc5cccc(C)c5)c(O)c4C(=O)C3=C(O)[C@@]2(O)C1=O. The number of carbonyl (C=O) groups is 3. The van der Waals surface area contributed by atoms with Crippen LogP contribution in [-0.4, -0.2) is 43.4 Å². The molecule has 0 fully saturated rings. The number of aliphatic hydroxyl groups is 3. The summed E-state index contributed by atoms with van der Waals surface area (Å²) >= 11 is 0. The van der Waals surface area contributed by atoms with Crippen molar-refractivity contribution in [2.75, 3.05) is 0 Å². The van der Waals surface area contributed by atoms with E-state index in [1.54, 1.807) is 13.8 Å². The van der Waals surface area contributed by atoms with Crippen molar-refractivity contribution >= 4 is 17.3 Å². The molecule has 0 saturated carbocycles. The van der Waals surface area contributed by atoms with Gasteiger partial charge in [0, 0.05) is 27.9 Å². The van der Waals surface area contributed by atoms with Gasteiger partial charge in [0.25, 0.3) is 0 Å². The monoisotopic (exact) mass is 596 g/mol. The Balaban J connectivity index is 1.78. The predicted molar refractivity (Wildman–Crippen MR) is 166 cm³/mol. The van der Waals surface area contributed by atoms with Crippen LogP contribution < -0.4 is 0 Å². The Kier molecular flexibility index (Phi) is 7.26. The number of phenols is 1. The topological polar surface area (TPSA) is 132 Å². The smallest absolute Gasteiger partial charge is 0.209 e. The molecule has 0 amide bonds. The molecule has 0 aromatic heterocycles. The molecule has 4 atom stereocenters. The van der Waals surface area contributed by atoms with Crippen LogP contribution in [-0.2, 0) is 16.0 Å². The van der Waals surface area contributed by atoms with Crippen molar-refractivity contribution in [2.24, 2.45) is 22.7 Å². The quantitative estimate of drug-likeness (QED) is 0.246. The molecule has 3 aliphatic carbocycles. The Hall–Kier alpha value is -4.15. The third-order valence-electron chi connectivity index (χ3n) is 10.0. The number of rotatable bonds is 3. The molecule has 0 spiro atoms. The minimum Gasteiger partial charge on any atom is -0.511 e. The van der Waals surface area contributed by atoms with Crippen LogP contribution in [0.2, 0.25) is 0 Å². The van der Waals surface area contributed by atoms with E-state index >= 15 is 0 Å². The largest absolute Gasteiger partial charge is 0.511 e. The Morgan fingerprint density at radius 2 is 1.68 bits per heavy atom. The maximum absolute atomic E-state index is 14.5. The molecule has 0 aliphatic heterocycles. The lowest BCUT2D eigenvalue weighted by Gasteiger charge is -2.59. The standard InChI is InChI=1S/C37H40O7/c1-18(2)24-15-23(13-12-22-11-9-10-20(5)14-22)30(39)27-25(24)16-35(7)17-36(8)28(19(3)4)31(40)26(21(6)38)33(42)37(36,44)34(43)29(35)32(27)41/h9-11,14-15,18-19,28,39-40,43-44H,16-17H2,1-8H3/t28?,35-,36-,37+/m1/s1. The van der Waals surface area contributed by atoms with Gasteiger partial charge in [-0.1, -0.05) is 65.5 Å². The fourth-order valence-corrected chi connectivity index (χ4v) is 8.30. The highest BCUT2D eigenvalue weighted by atomic mass is 16.3. The number of aromatic hydroxyl groups is 1. The maximum atomic E-state index is 14.5. The van der Waals surface area contributed by atoms with Gasteiger partial charge in [-0.25, -0.2) is 0 Å². The van der Waals surface area contributed by atoms with Gasteiger partial charge >= 0.3 is 0 Å². The van der Waals surface area contributed by atoms with Gasteiger partial charge in [-0.3, -0.25) is 14.4 Å². The molecule has 44 heavy (non-hydrogen) atoms. The van der Waals surface area contributed by atoms with E-state index in [9.17, 15) is 34.8 Å². The number of fused-ring (bicyclic) bond motifs is 3. The number of phenolic OH excluding ortho intramolecular Hbond substituents is 1. The summed E-state index contributed by atoms with van der Waals surface area (Å²) in [4.78, 5) is 41.0. The first-order chi connectivity index (χ1) is 20.4. The van der Waals surface area contributed by atoms with Crippen molar-refractivity contribution in [3.63, 3.8) is 0 Å². The number of hydrogen-bond acceptors (Lipinski definition) is 7. The molecule has 0 saturated heterocycles. The minimum absolute atomic E-state index is 0.00943. The number of aliphatic hydroxyl groups excluding tert-OH is 2. The summed E-state index contributed by atoms with van der Waals surface area (Å²) in [6, 6.07) is 9.41. The van der Waals surface area contributed by atoms with E-state index in [0.717, 1.165) is 23.6 Å². The number of carbonyl (C=O) groups excluding carboxylic acids is 3. The van der Waals surface area contributed by atoms with Crippen LogP contribution in [0.15, 0.2) is 53.0 Å². The van der Waals surface area contributed by atoms with Crippen LogP contribution in [0.3, 0.4) is 0 Å². The van der Waals surface area contributed by atoms with Crippen LogP contribution in [0, 0.1) is 41.4 Å². The van der Waals surface area contributed by atoms with E-state index in [-0.39, 0.29) is 47.1 Å². The summed E-state index contributed by atoms with van der Waals surface area (Å²) in [5, 5.41) is 47.0. The number of benzene rings is 2. The molecular formula is C37H40O7. The van der Waals surface area contributed by atoms with Gasteiger partial charge in [0.1, 0.15) is 22.8 Å². The van der Waals surface area contributed by atoms with E-state index in [4.69, 9.17) is 0 Å². The second-order valence-corrected chi connectivity index (χ2v) is 14.0. The zero-order chi connectivity index (χ0) is 32.7. The zero-order valence-corrected chi connectivity index (χ0v) is 26.5. The third-order valence-corrected chi connectivity index (χ3v) is 10.0. The van der Waals surface area contributed by atoms with E-state index in [1.165, 1.54) is 0 Å². The molecule has 3 aliphatic rings. The lowest BCUT2D eigenvalue weighted by molar-refractivity contribution is -0.171. The van der Waals surface area contributed by atoms with E-state index in [1.807, 2.05) is 65.0 Å². The summed E-state index contributed by atoms with van der Waals surface area (Å²) in [7, 11) is 0. The fraction of sp³-hybridized carbons (Fsp3) is 0.432. The Morgan fingerprint density at radius 1 is 1.02 bits per heavy atom. The summed E-state index contributed by atoms with van der Waals surface area (Å²) in [6.45, 7) is 14.1. The lowest BCUT2D eigenvalue weighted by Crippen LogP contribution is -2.67. The number of aryl methyl sites for hydroxylation is 1. The van der Waals surface area contributed by atoms with Crippen LogP contribution in [0.1, 0.15) is 99.0 Å². The summed E-state index contributed by atoms with van der Waals surface area (Å²) in [5.74, 6) is 0.733. The predicted octanol–water partition coefficient (Wildman–Crippen LogP) is 6.18. The number of allylic oxidation sites excluding steroid dienone is 2. The van der Waals surface area contributed by atoms with Gasteiger partial charge in [0.2, 0.25) is 5.78 Å². The van der Waals surface area contributed by atoms with Gasteiger partial charge in [0.15, 0.2) is 17.2 Å². The van der Waals surface area contributed by atoms with Gasteiger partial charge in [-0.15, -0.1) is 0 Å². The number of hydrogen-bond donors (Lipinski definition) is 4. The first-order valence-corrected chi connectivity index (χ1v) is 15.1. The average Bonchev–Trinajstić information content (AvgIpc) is 2.89. The van der Waals surface area contributed by atoms with Gasteiger partial charge in [-0.2, -0.15) is 0 Å². The first-order valence-electron chi connectivity index (χ1n) is 15.1. The van der Waals surface area contributed by atoms with Gasteiger partial charge in [-0.05, 0) is 73.4 Å². The number of Topliss-reactive ketones (excluding diaryl/α,β-unsaturated/α-hetero) is 3. The molecule has 0 heterocycles. The van der Waals surface area contributed by atoms with E-state index in [2.05, 4.69) is 11.8 Å². The van der Waals surface area contributed by atoms with Crippen molar-refractivity contribution in [1.29, 1.82) is 0 Å². The molecule has 7 heteroatoms. The highest BCUT2D eigenvalue weighted by Crippen LogP contribution is 2.65. The fourth-order valence-electron chi connectivity index (χ4n) is 8.30. The van der Waals surface area contributed by atoms with Gasteiger partial charge < -0.3 is 20.4 Å². The highest BCUT2D eigenvalue weighted by Gasteiger charge is 2.71. The van der Waals surface area contributed by atoms with Crippen LogP contribution in [0.5, 0.6) is 5.75 Å². The molecule has 0 bridgehead atoms. The molecule has 0 radical (unpaired) electrons. The highest BCUT2D eigenvalue weighted by molar-refractivity contribution is 6.25. The molecule has 2 aromatic rings. The zero-order valence-electron chi connectivity index (χ0n) is 26.5. The summed E-state index contributed by atoms with van der Waals surface area (Å²) < 4.78 is 0. The second kappa shape index (κ2) is 10.2. The Bertz CT molecular complexity index is 1780. The third kappa shape index (κ3) is 4.18. The molecule has 7 nitrogen and oxygen atoms in total. The molecule has 230 valence electrons. The van der Waals surface area contributed by atoms with Gasteiger partial charge in [0.05, 0.1) is 11.1 Å². The second-order valence-electron chi connectivity index (χ2n) is 14.0. The van der Waals surface area contributed by atoms with Crippen LogP contribution in [0.4, 0.5) is 0 Å². The summed E-state index contributed by atoms with van der Waals surface area (Å²) in [6.07, 6.45) is 0.285. The van der Waals surface area contributed by atoms with Crippen molar-refractivity contribution < 1.29 is 34.8 Å². The van der Waals surface area contributed by atoms with Crippen molar-refractivity contribution in [1.82, 2.24) is 0 Å². The van der Waals surface area contributed by atoms with Crippen LogP contribution in [0.25, 0.3) is 0 Å². The molecule has 5 rings (SSSR count). The first kappa shape index (κ1) is 31.3. The van der Waals surface area contributed by atoms with Crippen molar-refractivity contribution in [3.05, 3.63) is 86.4 Å². The Morgan fingerprint density at radius 3 is 2.25 bits per heavy atom. The molecular weight excluding hydrogens is 556 g/mol. The van der Waals surface area contributed by atoms with E-state index in [0.29, 0.717) is 5.56 Å². The Labute approximate surface area is 258 Å². The van der Waals surface area contributed by atoms with Crippen molar-refractivity contribution in [2.45, 2.75) is 79.8 Å². The van der Waals surface area contributed by atoms with Crippen molar-refractivity contribution in [3.8, 4) is 17.6 Å². The molecule has 4 N–H and O–H groups in total.